The molecular formula is C25H26FN5O5S. The van der Waals surface area contributed by atoms with E-state index in [1.807, 2.05) is 6.92 Å². The molecule has 194 valence electrons. The number of nitrogen functional groups attached to an aromatic ring is 1. The number of nitrogens with zero attached hydrogens (tertiary/aromatic N) is 2. The van der Waals surface area contributed by atoms with E-state index in [1.165, 1.54) is 17.0 Å². The Labute approximate surface area is 216 Å². The Hall–Kier alpha value is -4.32. The number of aryl methyl sites for hydroxylation is 1. The lowest BCUT2D eigenvalue weighted by molar-refractivity contribution is -0.143. The molecule has 0 saturated carbocycles. The Kier molecular flexibility index (Phi) is 8.90. The Balaban J connectivity index is 2.20. The SMILES string of the molecule is CCOC(=O)CNC(=O)[C@H](c1ccc(F)cc1)N(C(=O)c1snc(C(N)=O)c1N)c1ccccc1CC. The van der Waals surface area contributed by atoms with Crippen LogP contribution < -0.4 is 21.7 Å². The number of halogens is 1. The van der Waals surface area contributed by atoms with Gasteiger partial charge in [-0.05, 0) is 54.2 Å². The van der Waals surface area contributed by atoms with Crippen LogP contribution in [0.5, 0.6) is 0 Å². The number of benzene rings is 2. The molecule has 1 atom stereocenters. The van der Waals surface area contributed by atoms with Crippen molar-refractivity contribution in [3.8, 4) is 0 Å². The quantitative estimate of drug-likeness (QED) is 0.342. The number of rotatable bonds is 10. The van der Waals surface area contributed by atoms with E-state index < -0.39 is 42.1 Å². The average Bonchev–Trinajstić information content (AvgIpc) is 3.28. The zero-order valence-electron chi connectivity index (χ0n) is 20.2. The number of nitrogens with one attached hydrogen (secondary N) is 1. The van der Waals surface area contributed by atoms with Gasteiger partial charge in [-0.3, -0.25) is 24.1 Å². The van der Waals surface area contributed by atoms with Crippen molar-refractivity contribution in [1.29, 1.82) is 0 Å². The fourth-order valence-electron chi connectivity index (χ4n) is 3.68. The lowest BCUT2D eigenvalue weighted by Gasteiger charge is -2.32. The van der Waals surface area contributed by atoms with Crippen molar-refractivity contribution < 1.29 is 28.3 Å². The van der Waals surface area contributed by atoms with Crippen molar-refractivity contribution in [3.05, 3.63) is 76.0 Å². The van der Waals surface area contributed by atoms with Gasteiger partial charge in [0.25, 0.3) is 11.8 Å². The van der Waals surface area contributed by atoms with E-state index in [-0.39, 0.29) is 28.4 Å². The van der Waals surface area contributed by atoms with E-state index in [0.29, 0.717) is 23.6 Å². The highest BCUT2D eigenvalue weighted by Crippen LogP contribution is 2.35. The van der Waals surface area contributed by atoms with Gasteiger partial charge in [-0.2, -0.15) is 4.37 Å². The number of anilines is 2. The molecule has 0 bridgehead atoms. The lowest BCUT2D eigenvalue weighted by atomic mass is 10.0. The number of hydrogen-bond acceptors (Lipinski definition) is 8. The summed E-state index contributed by atoms with van der Waals surface area (Å²) in [5.41, 5.74) is 12.3. The molecule has 0 fully saturated rings. The van der Waals surface area contributed by atoms with Crippen molar-refractivity contribution in [2.75, 3.05) is 23.8 Å². The summed E-state index contributed by atoms with van der Waals surface area (Å²) in [5.74, 6) is -3.57. The second-order valence-corrected chi connectivity index (χ2v) is 8.55. The molecule has 0 aliphatic heterocycles. The summed E-state index contributed by atoms with van der Waals surface area (Å²) in [7, 11) is 0. The van der Waals surface area contributed by atoms with Crippen LogP contribution in [0.15, 0.2) is 48.5 Å². The number of carbonyl (C=O) groups excluding carboxylic acids is 4. The number of carbonyl (C=O) groups is 4. The van der Waals surface area contributed by atoms with E-state index >= 15 is 0 Å². The molecule has 37 heavy (non-hydrogen) atoms. The smallest absolute Gasteiger partial charge is 0.325 e. The van der Waals surface area contributed by atoms with Gasteiger partial charge in [0.15, 0.2) is 5.69 Å². The number of esters is 1. The van der Waals surface area contributed by atoms with Crippen LogP contribution in [0.1, 0.15) is 51.2 Å². The van der Waals surface area contributed by atoms with Crippen molar-refractivity contribution in [2.45, 2.75) is 26.3 Å². The second-order valence-electron chi connectivity index (χ2n) is 7.77. The van der Waals surface area contributed by atoms with Gasteiger partial charge in [-0.1, -0.05) is 37.3 Å². The number of hydrogen-bond donors (Lipinski definition) is 3. The van der Waals surface area contributed by atoms with Crippen LogP contribution >= 0.6 is 11.5 Å². The number of para-hydroxylation sites is 1. The van der Waals surface area contributed by atoms with E-state index in [2.05, 4.69) is 9.69 Å². The van der Waals surface area contributed by atoms with Gasteiger partial charge in [-0.25, -0.2) is 4.39 Å². The molecule has 0 unspecified atom stereocenters. The van der Waals surface area contributed by atoms with Crippen LogP contribution in [0.25, 0.3) is 0 Å². The van der Waals surface area contributed by atoms with Crippen molar-refractivity contribution in [3.63, 3.8) is 0 Å². The highest BCUT2D eigenvalue weighted by atomic mass is 32.1. The minimum atomic E-state index is -1.35. The van der Waals surface area contributed by atoms with Crippen LogP contribution in [0.3, 0.4) is 0 Å². The molecule has 12 heteroatoms. The Morgan fingerprint density at radius 1 is 1.11 bits per heavy atom. The standard InChI is InChI=1S/C25H26FN5O5S/c1-3-14-7-5-6-8-17(14)31(25(35)22-19(27)20(23(28)33)30-37-22)21(15-9-11-16(26)12-10-15)24(34)29-13-18(32)36-4-2/h5-12,21H,3-4,13,27H2,1-2H3,(H2,28,33)(H,29,34)/t21-/m0/s1. The molecule has 0 spiro atoms. The largest absolute Gasteiger partial charge is 0.465 e. The van der Waals surface area contributed by atoms with Crippen LogP contribution in [-0.2, 0) is 20.7 Å². The Morgan fingerprint density at radius 3 is 2.38 bits per heavy atom. The van der Waals surface area contributed by atoms with Gasteiger partial charge in [0, 0.05) is 5.69 Å². The molecule has 3 rings (SSSR count). The molecule has 10 nitrogen and oxygen atoms in total. The predicted octanol–water partition coefficient (Wildman–Crippen LogP) is 2.59. The topological polar surface area (TPSA) is 158 Å². The third kappa shape index (κ3) is 6.09. The molecule has 5 N–H and O–H groups in total. The fraction of sp³-hybridized carbons (Fsp3) is 0.240. The fourth-order valence-corrected chi connectivity index (χ4v) is 4.42. The highest BCUT2D eigenvalue weighted by Gasteiger charge is 2.37. The second kappa shape index (κ2) is 12.1. The molecule has 0 radical (unpaired) electrons. The number of ether oxygens (including phenoxy) is 1. The van der Waals surface area contributed by atoms with Crippen LogP contribution in [0.4, 0.5) is 15.8 Å². The number of nitrogens with two attached hydrogens (primary N) is 2. The Bertz CT molecular complexity index is 1310. The van der Waals surface area contributed by atoms with Crippen LogP contribution in [0.2, 0.25) is 0 Å². The molecular weight excluding hydrogens is 501 g/mol. The molecule has 2 aromatic carbocycles. The summed E-state index contributed by atoms with van der Waals surface area (Å²) in [6, 6.07) is 10.6. The maximum Gasteiger partial charge on any atom is 0.325 e. The predicted molar refractivity (Wildman–Crippen MR) is 136 cm³/mol. The molecule has 0 aliphatic carbocycles. The first-order valence-electron chi connectivity index (χ1n) is 11.3. The molecule has 3 amide bonds. The van der Waals surface area contributed by atoms with Crippen molar-refractivity contribution >= 4 is 46.6 Å². The van der Waals surface area contributed by atoms with Gasteiger partial charge >= 0.3 is 5.97 Å². The summed E-state index contributed by atoms with van der Waals surface area (Å²) in [5, 5.41) is 2.49. The molecule has 3 aromatic rings. The lowest BCUT2D eigenvalue weighted by Crippen LogP contribution is -2.45. The van der Waals surface area contributed by atoms with Crippen molar-refractivity contribution in [2.24, 2.45) is 5.73 Å². The first-order chi connectivity index (χ1) is 17.7. The average molecular weight is 528 g/mol. The highest BCUT2D eigenvalue weighted by molar-refractivity contribution is 7.09. The monoisotopic (exact) mass is 527 g/mol. The molecule has 1 heterocycles. The first kappa shape index (κ1) is 27.3. The first-order valence-corrected chi connectivity index (χ1v) is 12.1. The maximum absolute atomic E-state index is 14.0. The third-order valence-corrected chi connectivity index (χ3v) is 6.26. The summed E-state index contributed by atoms with van der Waals surface area (Å²) in [4.78, 5) is 52.3. The zero-order valence-corrected chi connectivity index (χ0v) is 21.0. The van der Waals surface area contributed by atoms with Gasteiger partial charge in [0.1, 0.15) is 23.3 Å². The molecule has 0 aliphatic rings. The van der Waals surface area contributed by atoms with E-state index in [4.69, 9.17) is 16.2 Å². The van der Waals surface area contributed by atoms with Crippen LogP contribution in [0, 0.1) is 5.82 Å². The normalized spacial score (nSPS) is 11.4. The summed E-state index contributed by atoms with van der Waals surface area (Å²) < 4.78 is 22.6. The Morgan fingerprint density at radius 2 is 1.78 bits per heavy atom. The van der Waals surface area contributed by atoms with Gasteiger partial charge < -0.3 is 21.5 Å². The molecule has 1 aromatic heterocycles. The third-order valence-electron chi connectivity index (χ3n) is 5.41. The van der Waals surface area contributed by atoms with E-state index in [0.717, 1.165) is 17.7 Å². The van der Waals surface area contributed by atoms with Gasteiger partial charge in [0.05, 0.1) is 12.3 Å². The van der Waals surface area contributed by atoms with Crippen LogP contribution in [-0.4, -0.2) is 41.2 Å². The molecule has 0 saturated heterocycles. The minimum Gasteiger partial charge on any atom is -0.465 e. The number of primary amides is 1. The minimum absolute atomic E-state index is 0.106. The van der Waals surface area contributed by atoms with Gasteiger partial charge in [0.2, 0.25) is 5.91 Å². The summed E-state index contributed by atoms with van der Waals surface area (Å²) in [6.07, 6.45) is 0.505. The van der Waals surface area contributed by atoms with Crippen molar-refractivity contribution in [1.82, 2.24) is 9.69 Å². The van der Waals surface area contributed by atoms with Gasteiger partial charge in [-0.15, -0.1) is 0 Å². The number of amides is 3. The number of aromatic nitrogens is 1. The zero-order chi connectivity index (χ0) is 27.1. The summed E-state index contributed by atoms with van der Waals surface area (Å²) in [6.45, 7) is 3.18. The van der Waals surface area contributed by atoms with E-state index in [9.17, 15) is 23.6 Å². The van der Waals surface area contributed by atoms with E-state index in [1.54, 1.807) is 31.2 Å². The maximum atomic E-state index is 14.0. The summed E-state index contributed by atoms with van der Waals surface area (Å²) >= 11 is 0.668.